The van der Waals surface area contributed by atoms with Gasteiger partial charge in [0, 0.05) is 25.9 Å². The minimum absolute atomic E-state index is 0.110. The molecule has 0 aromatic carbocycles. The molecule has 18 heavy (non-hydrogen) atoms. The molecule has 0 saturated carbocycles. The van der Waals surface area contributed by atoms with E-state index in [0.29, 0.717) is 31.8 Å². The smallest absolute Gasteiger partial charge is 0.220 e. The van der Waals surface area contributed by atoms with Gasteiger partial charge in [-0.15, -0.1) is 0 Å². The Morgan fingerprint density at radius 1 is 1.39 bits per heavy atom. The summed E-state index contributed by atoms with van der Waals surface area (Å²) < 4.78 is 0. The molecule has 1 saturated heterocycles. The zero-order valence-electron chi connectivity index (χ0n) is 10.8. The Morgan fingerprint density at radius 3 is 2.94 bits per heavy atom. The molecule has 0 aromatic heterocycles. The highest BCUT2D eigenvalue weighted by molar-refractivity contribution is 5.78. The molecule has 1 unspecified atom stereocenters. The number of allylic oxidation sites excluding steroid dienone is 1. The molecule has 0 radical (unpaired) electrons. The van der Waals surface area contributed by atoms with Crippen LogP contribution < -0.4 is 10.6 Å². The van der Waals surface area contributed by atoms with E-state index < -0.39 is 0 Å². The number of piperidine rings is 1. The molecule has 1 aliphatic heterocycles. The molecule has 0 bridgehead atoms. The van der Waals surface area contributed by atoms with Crippen LogP contribution >= 0.6 is 0 Å². The number of amides is 2. The van der Waals surface area contributed by atoms with Crippen molar-refractivity contribution in [2.45, 2.75) is 44.9 Å². The average Bonchev–Trinajstić information content (AvgIpc) is 2.40. The lowest BCUT2D eigenvalue weighted by atomic mass is 9.95. The summed E-state index contributed by atoms with van der Waals surface area (Å²) in [6, 6.07) is 0. The number of hydrogen-bond acceptors (Lipinski definition) is 2. The maximum absolute atomic E-state index is 11.8. The fraction of sp³-hybridized carbons (Fsp3) is 0.714. The van der Waals surface area contributed by atoms with E-state index in [1.54, 1.807) is 0 Å². The molecule has 0 aromatic rings. The van der Waals surface area contributed by atoms with Gasteiger partial charge in [0.15, 0.2) is 0 Å². The number of carbonyl (C=O) groups excluding carboxylic acids is 2. The molecule has 1 heterocycles. The van der Waals surface area contributed by atoms with E-state index >= 15 is 0 Å². The predicted octanol–water partition coefficient (Wildman–Crippen LogP) is 1.52. The highest BCUT2D eigenvalue weighted by Crippen LogP contribution is 2.17. The Labute approximate surface area is 108 Å². The van der Waals surface area contributed by atoms with Gasteiger partial charge in [-0.05, 0) is 38.0 Å². The number of nitrogens with one attached hydrogen (secondary N) is 2. The highest BCUT2D eigenvalue weighted by Gasteiger charge is 2.20. The lowest BCUT2D eigenvalue weighted by Crippen LogP contribution is -2.37. The molecule has 2 aliphatic rings. The van der Waals surface area contributed by atoms with Gasteiger partial charge in [-0.1, -0.05) is 11.6 Å². The molecule has 1 fully saturated rings. The van der Waals surface area contributed by atoms with Crippen LogP contribution in [0.15, 0.2) is 11.6 Å². The van der Waals surface area contributed by atoms with Gasteiger partial charge in [-0.2, -0.15) is 0 Å². The Kier molecular flexibility index (Phi) is 4.79. The lowest BCUT2D eigenvalue weighted by molar-refractivity contribution is -0.126. The summed E-state index contributed by atoms with van der Waals surface area (Å²) in [6.45, 7) is 1.35. The van der Waals surface area contributed by atoms with Crippen molar-refractivity contribution in [1.29, 1.82) is 0 Å². The number of rotatable bonds is 4. The molecule has 100 valence electrons. The third-order valence-corrected chi connectivity index (χ3v) is 3.74. The van der Waals surface area contributed by atoms with Gasteiger partial charge in [0.05, 0.1) is 0 Å². The van der Waals surface area contributed by atoms with Crippen LogP contribution in [0.3, 0.4) is 0 Å². The van der Waals surface area contributed by atoms with Crippen molar-refractivity contribution in [2.24, 2.45) is 5.92 Å². The van der Waals surface area contributed by atoms with Crippen molar-refractivity contribution in [3.8, 4) is 0 Å². The van der Waals surface area contributed by atoms with Gasteiger partial charge in [-0.3, -0.25) is 9.59 Å². The first-order valence-corrected chi connectivity index (χ1v) is 6.95. The van der Waals surface area contributed by atoms with Gasteiger partial charge in [0.2, 0.25) is 11.8 Å². The minimum Gasteiger partial charge on any atom is -0.356 e. The third-order valence-electron chi connectivity index (χ3n) is 3.74. The van der Waals surface area contributed by atoms with Crippen molar-refractivity contribution in [3.63, 3.8) is 0 Å². The standard InChI is InChI=1S/C14H22N2O2/c17-13-7-6-12(10-15-13)8-14(18)16-9-11-4-2-1-3-5-11/h4,12H,1-3,5-10H2,(H,15,17)(H,16,18). The van der Waals surface area contributed by atoms with Gasteiger partial charge < -0.3 is 10.6 Å². The van der Waals surface area contributed by atoms with Crippen LogP contribution in [0, 0.1) is 5.92 Å². The van der Waals surface area contributed by atoms with Crippen LogP contribution in [0.1, 0.15) is 44.9 Å². The van der Waals surface area contributed by atoms with Crippen LogP contribution in [0.5, 0.6) is 0 Å². The van der Waals surface area contributed by atoms with Crippen molar-refractivity contribution in [2.75, 3.05) is 13.1 Å². The van der Waals surface area contributed by atoms with E-state index in [4.69, 9.17) is 0 Å². The second-order valence-corrected chi connectivity index (χ2v) is 5.30. The maximum Gasteiger partial charge on any atom is 0.220 e. The SMILES string of the molecule is O=C1CCC(CC(=O)NCC2=CCCCC2)CN1. The Bertz CT molecular complexity index is 340. The topological polar surface area (TPSA) is 58.2 Å². The van der Waals surface area contributed by atoms with Crippen LogP contribution in [0.25, 0.3) is 0 Å². The summed E-state index contributed by atoms with van der Waals surface area (Å²) in [5.74, 6) is 0.532. The number of carbonyl (C=O) groups is 2. The molecule has 4 nitrogen and oxygen atoms in total. The minimum atomic E-state index is 0.110. The molecular formula is C14H22N2O2. The zero-order chi connectivity index (χ0) is 12.8. The summed E-state index contributed by atoms with van der Waals surface area (Å²) in [4.78, 5) is 22.8. The van der Waals surface area contributed by atoms with Gasteiger partial charge in [0.25, 0.3) is 0 Å². The molecule has 4 heteroatoms. The van der Waals surface area contributed by atoms with Crippen molar-refractivity contribution < 1.29 is 9.59 Å². The van der Waals surface area contributed by atoms with E-state index in [1.165, 1.54) is 18.4 Å². The number of hydrogen-bond donors (Lipinski definition) is 2. The van der Waals surface area contributed by atoms with E-state index in [-0.39, 0.29) is 11.8 Å². The summed E-state index contributed by atoms with van der Waals surface area (Å²) >= 11 is 0. The van der Waals surface area contributed by atoms with Crippen LogP contribution in [0.4, 0.5) is 0 Å². The molecule has 0 spiro atoms. The van der Waals surface area contributed by atoms with Crippen molar-refractivity contribution in [1.82, 2.24) is 10.6 Å². The maximum atomic E-state index is 11.8. The van der Waals surface area contributed by atoms with Crippen molar-refractivity contribution in [3.05, 3.63) is 11.6 Å². The van der Waals surface area contributed by atoms with E-state index in [0.717, 1.165) is 19.3 Å². The summed E-state index contributed by atoms with van der Waals surface area (Å²) in [6.07, 6.45) is 8.98. The Morgan fingerprint density at radius 2 is 2.28 bits per heavy atom. The van der Waals surface area contributed by atoms with Crippen LogP contribution in [-0.2, 0) is 9.59 Å². The molecule has 2 amide bonds. The highest BCUT2D eigenvalue weighted by atomic mass is 16.2. The third kappa shape index (κ3) is 4.17. The summed E-state index contributed by atoms with van der Waals surface area (Å²) in [7, 11) is 0. The first-order chi connectivity index (χ1) is 8.74. The first-order valence-electron chi connectivity index (χ1n) is 6.95. The van der Waals surface area contributed by atoms with Gasteiger partial charge >= 0.3 is 0 Å². The summed E-state index contributed by atoms with van der Waals surface area (Å²) in [5.41, 5.74) is 1.37. The quantitative estimate of drug-likeness (QED) is 0.743. The molecular weight excluding hydrogens is 228 g/mol. The fourth-order valence-electron chi connectivity index (χ4n) is 2.57. The fourth-order valence-corrected chi connectivity index (χ4v) is 2.57. The molecule has 1 aliphatic carbocycles. The first kappa shape index (κ1) is 13.1. The van der Waals surface area contributed by atoms with Gasteiger partial charge in [-0.25, -0.2) is 0 Å². The lowest BCUT2D eigenvalue weighted by Gasteiger charge is -2.22. The second kappa shape index (κ2) is 6.57. The van der Waals surface area contributed by atoms with Crippen LogP contribution in [-0.4, -0.2) is 24.9 Å². The predicted molar refractivity (Wildman–Crippen MR) is 69.9 cm³/mol. The normalized spacial score (nSPS) is 24.1. The van der Waals surface area contributed by atoms with E-state index in [9.17, 15) is 9.59 Å². The molecule has 1 atom stereocenters. The molecule has 2 N–H and O–H groups in total. The van der Waals surface area contributed by atoms with E-state index in [2.05, 4.69) is 16.7 Å². The monoisotopic (exact) mass is 250 g/mol. The Balaban J connectivity index is 1.65. The zero-order valence-corrected chi connectivity index (χ0v) is 10.8. The van der Waals surface area contributed by atoms with Crippen molar-refractivity contribution >= 4 is 11.8 Å². The molecule has 2 rings (SSSR count). The Hall–Kier alpha value is -1.32. The summed E-state index contributed by atoms with van der Waals surface area (Å²) in [5, 5.41) is 5.80. The second-order valence-electron chi connectivity index (χ2n) is 5.30. The van der Waals surface area contributed by atoms with Crippen LogP contribution in [0.2, 0.25) is 0 Å². The average molecular weight is 250 g/mol. The van der Waals surface area contributed by atoms with Gasteiger partial charge in [0.1, 0.15) is 0 Å². The largest absolute Gasteiger partial charge is 0.356 e. The van der Waals surface area contributed by atoms with E-state index in [1.807, 2.05) is 0 Å².